The first-order valence-electron chi connectivity index (χ1n) is 5.12. The van der Waals surface area contributed by atoms with Crippen molar-refractivity contribution in [1.29, 1.82) is 0 Å². The monoisotopic (exact) mass is 283 g/mol. The molecule has 0 atom stereocenters. The minimum absolute atomic E-state index is 0.807. The smallest absolute Gasteiger partial charge is 0.199 e. The van der Waals surface area contributed by atoms with Crippen molar-refractivity contribution in [1.82, 2.24) is 14.7 Å². The van der Waals surface area contributed by atoms with Gasteiger partial charge in [-0.05, 0) is 35.1 Å². The maximum absolute atomic E-state index is 5.34. The molecule has 0 aliphatic heterocycles. The van der Waals surface area contributed by atoms with Crippen molar-refractivity contribution < 1.29 is 4.74 Å². The molecule has 0 aromatic carbocycles. The third-order valence-corrected chi connectivity index (χ3v) is 3.04. The SMILES string of the molecule is CNCCc1nc(Br)c2cccc(OC)n12. The molecule has 86 valence electrons. The fourth-order valence-electron chi connectivity index (χ4n) is 1.70. The Kier molecular flexibility index (Phi) is 3.46. The highest BCUT2D eigenvalue weighted by Crippen LogP contribution is 2.24. The number of likely N-dealkylation sites (N-methyl/N-ethyl adjacent to an activating group) is 1. The van der Waals surface area contributed by atoms with Crippen LogP contribution in [0.15, 0.2) is 22.8 Å². The maximum atomic E-state index is 5.34. The lowest BCUT2D eigenvalue weighted by molar-refractivity contribution is 0.390. The summed E-state index contributed by atoms with van der Waals surface area (Å²) in [6.07, 6.45) is 0.865. The van der Waals surface area contributed by atoms with Crippen LogP contribution in [0.2, 0.25) is 0 Å². The Morgan fingerprint density at radius 2 is 2.31 bits per heavy atom. The third-order valence-electron chi connectivity index (χ3n) is 2.46. The van der Waals surface area contributed by atoms with Gasteiger partial charge in [-0.15, -0.1) is 0 Å². The molecule has 0 spiro atoms. The summed E-state index contributed by atoms with van der Waals surface area (Å²) in [6.45, 7) is 0.892. The predicted molar refractivity (Wildman–Crippen MR) is 67.1 cm³/mol. The lowest BCUT2D eigenvalue weighted by atomic mass is 10.3. The van der Waals surface area contributed by atoms with Crippen molar-refractivity contribution in [3.63, 3.8) is 0 Å². The minimum atomic E-state index is 0.807. The van der Waals surface area contributed by atoms with Crippen molar-refractivity contribution >= 4 is 21.4 Å². The Balaban J connectivity index is 2.55. The minimum Gasteiger partial charge on any atom is -0.482 e. The Morgan fingerprint density at radius 3 is 3.00 bits per heavy atom. The summed E-state index contributed by atoms with van der Waals surface area (Å²) in [7, 11) is 3.60. The summed E-state index contributed by atoms with van der Waals surface area (Å²) < 4.78 is 8.23. The second-order valence-corrected chi connectivity index (χ2v) is 4.21. The van der Waals surface area contributed by atoms with Crippen LogP contribution in [0.3, 0.4) is 0 Å². The number of nitrogens with zero attached hydrogens (tertiary/aromatic N) is 2. The molecule has 2 aromatic heterocycles. The van der Waals surface area contributed by atoms with Crippen LogP contribution in [0.25, 0.3) is 5.52 Å². The fourth-order valence-corrected chi connectivity index (χ4v) is 2.22. The van der Waals surface area contributed by atoms with Gasteiger partial charge in [-0.25, -0.2) is 4.98 Å². The van der Waals surface area contributed by atoms with Crippen LogP contribution in [0, 0.1) is 0 Å². The van der Waals surface area contributed by atoms with Crippen LogP contribution in [0.1, 0.15) is 5.82 Å². The Bertz CT molecular complexity index is 495. The molecule has 0 radical (unpaired) electrons. The van der Waals surface area contributed by atoms with Crippen LogP contribution in [-0.4, -0.2) is 30.1 Å². The van der Waals surface area contributed by atoms with Gasteiger partial charge in [-0.3, -0.25) is 4.40 Å². The van der Waals surface area contributed by atoms with Gasteiger partial charge in [0.15, 0.2) is 5.88 Å². The van der Waals surface area contributed by atoms with E-state index in [1.807, 2.05) is 29.6 Å². The number of methoxy groups -OCH3 is 1. The standard InChI is InChI=1S/C11H14BrN3O/c1-13-7-6-9-14-11(12)8-4-3-5-10(16-2)15(8)9/h3-5,13H,6-7H2,1-2H3. The molecule has 1 N–H and O–H groups in total. The summed E-state index contributed by atoms with van der Waals surface area (Å²) in [5.74, 6) is 1.80. The molecule has 0 bridgehead atoms. The normalized spacial score (nSPS) is 10.9. The van der Waals surface area contributed by atoms with Gasteiger partial charge in [0.1, 0.15) is 10.4 Å². The Hall–Kier alpha value is -1.07. The lowest BCUT2D eigenvalue weighted by Gasteiger charge is -2.06. The van der Waals surface area contributed by atoms with Crippen molar-refractivity contribution in [2.24, 2.45) is 0 Å². The molecule has 5 heteroatoms. The average Bonchev–Trinajstić information content (AvgIpc) is 2.64. The van der Waals surface area contributed by atoms with Crippen molar-refractivity contribution in [2.45, 2.75) is 6.42 Å². The zero-order valence-electron chi connectivity index (χ0n) is 9.33. The van der Waals surface area contributed by atoms with Gasteiger partial charge in [-0.2, -0.15) is 0 Å². The van der Waals surface area contributed by atoms with Gasteiger partial charge in [0, 0.05) is 13.0 Å². The van der Waals surface area contributed by atoms with E-state index in [4.69, 9.17) is 4.74 Å². The van der Waals surface area contributed by atoms with Crippen LogP contribution in [0.4, 0.5) is 0 Å². The first kappa shape index (κ1) is 11.4. The van der Waals surface area contributed by atoms with Gasteiger partial charge < -0.3 is 10.1 Å². The molecule has 0 amide bonds. The van der Waals surface area contributed by atoms with E-state index in [1.54, 1.807) is 7.11 Å². The first-order chi connectivity index (χ1) is 7.77. The zero-order chi connectivity index (χ0) is 11.5. The number of fused-ring (bicyclic) bond motifs is 1. The highest BCUT2D eigenvalue weighted by Gasteiger charge is 2.11. The van der Waals surface area contributed by atoms with Crippen LogP contribution in [-0.2, 0) is 6.42 Å². The molecule has 2 heterocycles. The van der Waals surface area contributed by atoms with E-state index in [2.05, 4.69) is 26.2 Å². The summed E-state index contributed by atoms with van der Waals surface area (Å²) >= 11 is 3.47. The predicted octanol–water partition coefficient (Wildman–Crippen LogP) is 1.87. The molecule has 16 heavy (non-hydrogen) atoms. The number of imidazole rings is 1. The molecular formula is C11H14BrN3O. The van der Waals surface area contributed by atoms with Crippen molar-refractivity contribution in [3.8, 4) is 5.88 Å². The van der Waals surface area contributed by atoms with E-state index in [0.29, 0.717) is 0 Å². The number of rotatable bonds is 4. The number of nitrogens with one attached hydrogen (secondary N) is 1. The quantitative estimate of drug-likeness (QED) is 0.931. The molecule has 0 fully saturated rings. The topological polar surface area (TPSA) is 38.6 Å². The molecular weight excluding hydrogens is 270 g/mol. The van der Waals surface area contributed by atoms with Crippen LogP contribution in [0.5, 0.6) is 5.88 Å². The average molecular weight is 284 g/mol. The van der Waals surface area contributed by atoms with E-state index in [9.17, 15) is 0 Å². The van der Waals surface area contributed by atoms with E-state index in [0.717, 1.165) is 34.8 Å². The van der Waals surface area contributed by atoms with Gasteiger partial charge in [0.25, 0.3) is 0 Å². The van der Waals surface area contributed by atoms with E-state index < -0.39 is 0 Å². The molecule has 0 aliphatic rings. The molecule has 2 rings (SSSR count). The fraction of sp³-hybridized carbons (Fsp3) is 0.364. The maximum Gasteiger partial charge on any atom is 0.199 e. The Labute approximate surface area is 103 Å². The van der Waals surface area contributed by atoms with E-state index in [-0.39, 0.29) is 0 Å². The van der Waals surface area contributed by atoms with Gasteiger partial charge in [0.05, 0.1) is 12.6 Å². The molecule has 0 saturated heterocycles. The third kappa shape index (κ3) is 1.92. The zero-order valence-corrected chi connectivity index (χ0v) is 10.9. The van der Waals surface area contributed by atoms with E-state index >= 15 is 0 Å². The number of hydrogen-bond donors (Lipinski definition) is 1. The number of pyridine rings is 1. The van der Waals surface area contributed by atoms with Crippen LogP contribution < -0.4 is 10.1 Å². The first-order valence-corrected chi connectivity index (χ1v) is 5.91. The van der Waals surface area contributed by atoms with Gasteiger partial charge >= 0.3 is 0 Å². The summed E-state index contributed by atoms with van der Waals surface area (Å²) in [5, 5.41) is 3.12. The summed E-state index contributed by atoms with van der Waals surface area (Å²) in [6, 6.07) is 5.91. The lowest BCUT2D eigenvalue weighted by Crippen LogP contribution is -2.12. The van der Waals surface area contributed by atoms with Crippen molar-refractivity contribution in [2.75, 3.05) is 20.7 Å². The Morgan fingerprint density at radius 1 is 1.50 bits per heavy atom. The van der Waals surface area contributed by atoms with Crippen LogP contribution >= 0.6 is 15.9 Å². The van der Waals surface area contributed by atoms with Gasteiger partial charge in [-0.1, -0.05) is 6.07 Å². The summed E-state index contributed by atoms with van der Waals surface area (Å²) in [4.78, 5) is 4.50. The number of aromatic nitrogens is 2. The molecule has 2 aromatic rings. The van der Waals surface area contributed by atoms with E-state index in [1.165, 1.54) is 0 Å². The number of halogens is 1. The largest absolute Gasteiger partial charge is 0.482 e. The summed E-state index contributed by atoms with van der Waals surface area (Å²) in [5.41, 5.74) is 1.03. The van der Waals surface area contributed by atoms with Gasteiger partial charge in [0.2, 0.25) is 0 Å². The molecule has 0 unspecified atom stereocenters. The highest BCUT2D eigenvalue weighted by atomic mass is 79.9. The second kappa shape index (κ2) is 4.84. The van der Waals surface area contributed by atoms with Crippen molar-refractivity contribution in [3.05, 3.63) is 28.6 Å². The second-order valence-electron chi connectivity index (χ2n) is 3.46. The number of hydrogen-bond acceptors (Lipinski definition) is 3. The molecule has 0 aliphatic carbocycles. The highest BCUT2D eigenvalue weighted by molar-refractivity contribution is 9.10. The molecule has 0 saturated carbocycles. The molecule has 4 nitrogen and oxygen atoms in total. The number of ether oxygens (including phenoxy) is 1.